The van der Waals surface area contributed by atoms with Gasteiger partial charge in [-0.1, -0.05) is 67.1 Å². The lowest BCUT2D eigenvalue weighted by atomic mass is 10.1. The number of rotatable bonds is 18. The predicted octanol–water partition coefficient (Wildman–Crippen LogP) is 0.301. The lowest BCUT2D eigenvalue weighted by Crippen LogP contribution is -2.32. The van der Waals surface area contributed by atoms with E-state index in [1.807, 2.05) is 60.8 Å². The summed E-state index contributed by atoms with van der Waals surface area (Å²) < 4.78 is 0. The first kappa shape index (κ1) is 53.6. The van der Waals surface area contributed by atoms with Crippen molar-refractivity contribution in [3.63, 3.8) is 0 Å². The molecule has 60 heavy (non-hydrogen) atoms. The van der Waals surface area contributed by atoms with Gasteiger partial charge in [-0.05, 0) is 73.5 Å². The largest absolute Gasteiger partial charge is 0.508 e. The number of aromatic nitrogens is 1. The molecule has 330 valence electrons. The fourth-order valence-corrected chi connectivity index (χ4v) is 4.61. The number of primary amides is 1. The molecule has 0 aliphatic rings. The molecule has 0 fully saturated rings. The van der Waals surface area contributed by atoms with Crippen LogP contribution in [0.5, 0.6) is 5.75 Å². The zero-order chi connectivity index (χ0) is 45.8. The van der Waals surface area contributed by atoms with Gasteiger partial charge in [-0.3, -0.25) is 28.8 Å². The maximum atomic E-state index is 10.6. The van der Waals surface area contributed by atoms with Crippen molar-refractivity contribution in [2.45, 2.75) is 81.6 Å². The van der Waals surface area contributed by atoms with E-state index in [4.69, 9.17) is 70.8 Å². The molecule has 0 aliphatic carbocycles. The van der Waals surface area contributed by atoms with E-state index in [9.17, 15) is 28.8 Å². The molecular weight excluding hydrogens is 784 g/mol. The molecule has 0 saturated carbocycles. The molecule has 20 nitrogen and oxygen atoms in total. The van der Waals surface area contributed by atoms with Gasteiger partial charge in [0.2, 0.25) is 5.91 Å². The predicted molar refractivity (Wildman–Crippen MR) is 223 cm³/mol. The van der Waals surface area contributed by atoms with Crippen LogP contribution in [0.15, 0.2) is 85.1 Å². The van der Waals surface area contributed by atoms with E-state index >= 15 is 0 Å². The van der Waals surface area contributed by atoms with E-state index in [0.29, 0.717) is 25.8 Å². The van der Waals surface area contributed by atoms with Crippen LogP contribution in [0.25, 0.3) is 10.9 Å². The van der Waals surface area contributed by atoms with Gasteiger partial charge in [-0.25, -0.2) is 0 Å². The maximum Gasteiger partial charge on any atom is 0.320 e. The van der Waals surface area contributed by atoms with Crippen molar-refractivity contribution in [2.75, 3.05) is 6.54 Å². The summed E-state index contributed by atoms with van der Waals surface area (Å²) in [5, 5.41) is 52.3. The van der Waals surface area contributed by atoms with Crippen LogP contribution < -0.4 is 40.1 Å². The number of nitrogens with one attached hydrogen (secondary N) is 1. The van der Waals surface area contributed by atoms with Crippen molar-refractivity contribution in [3.8, 4) is 5.75 Å². The van der Waals surface area contributed by atoms with Crippen LogP contribution in [0.3, 0.4) is 0 Å². The minimum absolute atomic E-state index is 0.0213. The number of phenolic OH excluding ortho intramolecular Hbond substituents is 1. The van der Waals surface area contributed by atoms with E-state index in [2.05, 4.69) is 4.98 Å². The number of aromatic amines is 1. The third-order valence-electron chi connectivity index (χ3n) is 8.06. The number of para-hydroxylation sites is 1. The van der Waals surface area contributed by atoms with Gasteiger partial charge in [0.25, 0.3) is 0 Å². The molecule has 0 bridgehead atoms. The number of carboxylic acids is 5. The lowest BCUT2D eigenvalue weighted by molar-refractivity contribution is -0.139. The molecule has 1 heterocycles. The van der Waals surface area contributed by atoms with Crippen LogP contribution in [-0.2, 0) is 48.0 Å². The monoisotopic (exact) mass is 842 g/mol. The number of nitrogens with two attached hydrogens (primary N) is 7. The van der Waals surface area contributed by atoms with Crippen molar-refractivity contribution < 1.29 is 59.4 Å². The average molecular weight is 843 g/mol. The van der Waals surface area contributed by atoms with E-state index in [-0.39, 0.29) is 25.0 Å². The van der Waals surface area contributed by atoms with Crippen LogP contribution >= 0.6 is 0 Å². The Labute approximate surface area is 346 Å². The molecule has 0 spiro atoms. The van der Waals surface area contributed by atoms with Crippen molar-refractivity contribution in [2.24, 2.45) is 40.1 Å². The molecule has 0 unspecified atom stereocenters. The highest BCUT2D eigenvalue weighted by Gasteiger charge is 2.15. The number of carboxylic acid groups (broad SMARTS) is 5. The summed E-state index contributed by atoms with van der Waals surface area (Å²) in [6, 6.07) is 19.2. The summed E-state index contributed by atoms with van der Waals surface area (Å²) in [5.41, 5.74) is 40.1. The number of aliphatic carboxylic acids is 5. The number of carbonyl (C=O) groups excluding carboxylic acids is 1. The SMILES string of the molecule is NC(=O)CC[C@H](N)C(=O)O.NCCCC[C@H](N)C(=O)O.N[C@@H](Cc1c[nH]c2ccccc12)C(=O)O.N[C@@H](Cc1ccc(O)cc1)C(=O)O.N[C@@H](Cc1ccccc1)C(=O)O. The van der Waals surface area contributed by atoms with Gasteiger partial charge in [-0.15, -0.1) is 0 Å². The first-order chi connectivity index (χ1) is 28.2. The third-order valence-corrected chi connectivity index (χ3v) is 8.06. The molecule has 0 radical (unpaired) electrons. The van der Waals surface area contributed by atoms with E-state index in [1.54, 1.807) is 12.1 Å². The zero-order valence-electron chi connectivity index (χ0n) is 33.0. The number of hydrogen-bond acceptors (Lipinski definition) is 13. The lowest BCUT2D eigenvalue weighted by Gasteiger charge is -2.05. The Kier molecular flexibility index (Phi) is 26.6. The van der Waals surface area contributed by atoms with Gasteiger partial charge in [-0.2, -0.15) is 0 Å². The van der Waals surface area contributed by atoms with Gasteiger partial charge < -0.3 is 75.8 Å². The molecule has 3 aromatic carbocycles. The Morgan fingerprint density at radius 2 is 0.967 bits per heavy atom. The number of benzene rings is 3. The maximum absolute atomic E-state index is 10.6. The van der Waals surface area contributed by atoms with E-state index in [1.165, 1.54) is 12.1 Å². The third kappa shape index (κ3) is 24.4. The fraction of sp³-hybridized carbons (Fsp3) is 0.350. The zero-order valence-corrected chi connectivity index (χ0v) is 33.0. The number of carbonyl (C=O) groups is 6. The molecule has 1 amide bonds. The number of amides is 1. The van der Waals surface area contributed by atoms with Gasteiger partial charge in [0, 0.05) is 29.9 Å². The molecule has 4 rings (SSSR count). The van der Waals surface area contributed by atoms with Crippen molar-refractivity contribution >= 4 is 46.7 Å². The van der Waals surface area contributed by atoms with E-state index < -0.39 is 66.0 Å². The van der Waals surface area contributed by atoms with E-state index in [0.717, 1.165) is 40.4 Å². The summed E-state index contributed by atoms with van der Waals surface area (Å²) >= 11 is 0. The second-order valence-corrected chi connectivity index (χ2v) is 13.1. The van der Waals surface area contributed by atoms with Crippen LogP contribution in [0.2, 0.25) is 0 Å². The second-order valence-electron chi connectivity index (χ2n) is 13.1. The Bertz CT molecular complexity index is 1890. The number of fused-ring (bicyclic) bond motifs is 1. The summed E-state index contributed by atoms with van der Waals surface area (Å²) in [7, 11) is 0. The normalized spacial score (nSPS) is 12.6. The molecule has 21 N–H and O–H groups in total. The topological polar surface area (TPSA) is 422 Å². The Morgan fingerprint density at radius 1 is 0.533 bits per heavy atom. The number of phenols is 1. The Morgan fingerprint density at radius 3 is 1.43 bits per heavy atom. The van der Waals surface area contributed by atoms with Crippen LogP contribution in [0.1, 0.15) is 48.8 Å². The molecule has 0 saturated heterocycles. The van der Waals surface area contributed by atoms with Crippen molar-refractivity contribution in [1.82, 2.24) is 4.98 Å². The first-order valence-electron chi connectivity index (χ1n) is 18.5. The van der Waals surface area contributed by atoms with Crippen LogP contribution in [0, 0.1) is 0 Å². The highest BCUT2D eigenvalue weighted by atomic mass is 16.4. The average Bonchev–Trinajstić information content (AvgIpc) is 3.61. The molecule has 0 aliphatic heterocycles. The van der Waals surface area contributed by atoms with Gasteiger partial charge >= 0.3 is 29.8 Å². The summed E-state index contributed by atoms with van der Waals surface area (Å²) in [6.07, 6.45) is 5.11. The van der Waals surface area contributed by atoms with Crippen molar-refractivity contribution in [3.05, 3.63) is 102 Å². The molecular formula is C40H58N8O12. The Balaban J connectivity index is 0.000000733. The fourth-order valence-electron chi connectivity index (χ4n) is 4.61. The highest BCUT2D eigenvalue weighted by molar-refractivity contribution is 5.84. The van der Waals surface area contributed by atoms with Crippen LogP contribution in [-0.4, -0.2) is 108 Å². The number of unbranched alkanes of at least 4 members (excludes halogenated alkanes) is 1. The second kappa shape index (κ2) is 29.7. The minimum atomic E-state index is -1.11. The number of aromatic hydroxyl groups is 1. The van der Waals surface area contributed by atoms with Crippen LogP contribution in [0.4, 0.5) is 0 Å². The summed E-state index contributed by atoms with van der Waals surface area (Å²) in [6.45, 7) is 0.604. The number of H-pyrrole nitrogens is 1. The smallest absolute Gasteiger partial charge is 0.320 e. The summed E-state index contributed by atoms with van der Waals surface area (Å²) in [4.78, 5) is 64.8. The van der Waals surface area contributed by atoms with Gasteiger partial charge in [0.05, 0.1) is 0 Å². The first-order valence-corrected chi connectivity index (χ1v) is 18.5. The number of hydrogen-bond donors (Lipinski definition) is 14. The minimum Gasteiger partial charge on any atom is -0.508 e. The standard InChI is InChI=1S/C11H12N2O2.C9H11NO3.C9H11NO2.C6H14N2O2.C5H10N2O3/c12-9(11(14)15)5-7-6-13-10-4-2-1-3-8(7)10;10-8(9(12)13)5-6-1-3-7(11)4-2-6;10-8(9(11)12)6-7-4-2-1-3-5-7;7-4-2-1-3-5(8)6(9)10;6-3(5(9)10)1-2-4(7)8/h1-4,6,9,13H,5,12H2,(H,14,15);1-4,8,11H,5,10H2,(H,12,13);1-5,8H,6,10H2,(H,11,12);5H,1-4,7-8H2,(H,9,10);3H,1-2,6H2,(H2,7,8)(H,9,10)/t9-;2*8-;5-;3-/m00000/s1. The quantitative estimate of drug-likeness (QED) is 0.0599. The molecule has 1 aromatic heterocycles. The molecule has 5 atom stereocenters. The molecule has 20 heteroatoms. The Hall–Kier alpha value is -6.42. The highest BCUT2D eigenvalue weighted by Crippen LogP contribution is 2.18. The molecule has 4 aromatic rings. The summed E-state index contributed by atoms with van der Waals surface area (Å²) in [5.74, 6) is -5.37. The van der Waals surface area contributed by atoms with Gasteiger partial charge in [0.1, 0.15) is 36.0 Å². The van der Waals surface area contributed by atoms with Crippen molar-refractivity contribution in [1.29, 1.82) is 0 Å². The van der Waals surface area contributed by atoms with Gasteiger partial charge in [0.15, 0.2) is 0 Å².